The average molecular weight is 287 g/mol. The van der Waals surface area contributed by atoms with Gasteiger partial charge in [0.05, 0.1) is 18.2 Å². The van der Waals surface area contributed by atoms with Crippen molar-refractivity contribution in [1.82, 2.24) is 5.32 Å². The second-order valence-electron chi connectivity index (χ2n) is 5.56. The summed E-state index contributed by atoms with van der Waals surface area (Å²) in [5, 5.41) is 2.95. The minimum Gasteiger partial charge on any atom is -0.467 e. The third kappa shape index (κ3) is 2.71. The van der Waals surface area contributed by atoms with Gasteiger partial charge < -0.3 is 9.73 Å². The first-order valence-electron chi connectivity index (χ1n) is 7.27. The zero-order valence-corrected chi connectivity index (χ0v) is 11.8. The number of amides is 1. The van der Waals surface area contributed by atoms with E-state index >= 15 is 0 Å². The zero-order valence-electron chi connectivity index (χ0n) is 11.8. The highest BCUT2D eigenvalue weighted by atomic mass is 19.1. The van der Waals surface area contributed by atoms with E-state index in [4.69, 9.17) is 4.42 Å². The first-order chi connectivity index (χ1) is 10.2. The van der Waals surface area contributed by atoms with Crippen molar-refractivity contribution in [2.45, 2.75) is 37.6 Å². The lowest BCUT2D eigenvalue weighted by molar-refractivity contribution is -0.126. The number of halogens is 1. The lowest BCUT2D eigenvalue weighted by Gasteiger charge is -2.28. The molecule has 0 bridgehead atoms. The second kappa shape index (κ2) is 5.72. The Kier molecular flexibility index (Phi) is 3.78. The summed E-state index contributed by atoms with van der Waals surface area (Å²) < 4.78 is 18.4. The number of hydrogen-bond donors (Lipinski definition) is 1. The van der Waals surface area contributed by atoms with Crippen LogP contribution in [0, 0.1) is 5.82 Å². The molecule has 1 aliphatic rings. The first-order valence-corrected chi connectivity index (χ1v) is 7.27. The molecule has 0 atom stereocenters. The van der Waals surface area contributed by atoms with Gasteiger partial charge in [-0.15, -0.1) is 0 Å². The van der Waals surface area contributed by atoms with Gasteiger partial charge in [0.15, 0.2) is 0 Å². The molecule has 1 aromatic carbocycles. The van der Waals surface area contributed by atoms with Crippen LogP contribution in [0.4, 0.5) is 4.39 Å². The molecule has 2 aromatic rings. The zero-order chi connectivity index (χ0) is 14.7. The van der Waals surface area contributed by atoms with E-state index in [-0.39, 0.29) is 11.7 Å². The maximum Gasteiger partial charge on any atom is 0.231 e. The van der Waals surface area contributed by atoms with Crippen LogP contribution in [0.2, 0.25) is 0 Å². The molecule has 3 nitrogen and oxygen atoms in total. The van der Waals surface area contributed by atoms with Crippen LogP contribution >= 0.6 is 0 Å². The third-order valence-corrected chi connectivity index (χ3v) is 4.29. The van der Waals surface area contributed by atoms with Crippen LogP contribution < -0.4 is 5.32 Å². The quantitative estimate of drug-likeness (QED) is 0.934. The molecule has 0 aliphatic heterocycles. The highest BCUT2D eigenvalue weighted by Gasteiger charge is 2.42. The van der Waals surface area contributed by atoms with Crippen LogP contribution in [0.5, 0.6) is 0 Å². The van der Waals surface area contributed by atoms with Crippen molar-refractivity contribution in [3.8, 4) is 0 Å². The number of benzene rings is 1. The molecular weight excluding hydrogens is 269 g/mol. The molecule has 0 spiro atoms. The maximum absolute atomic E-state index is 13.1. The molecule has 0 unspecified atom stereocenters. The SMILES string of the molecule is O=C(NCc1ccco1)C1(c2ccc(F)cc2)CCCC1. The molecule has 1 N–H and O–H groups in total. The summed E-state index contributed by atoms with van der Waals surface area (Å²) in [5.74, 6) is 0.460. The van der Waals surface area contributed by atoms with Crippen molar-refractivity contribution in [3.63, 3.8) is 0 Å². The van der Waals surface area contributed by atoms with Gasteiger partial charge in [0, 0.05) is 0 Å². The molecule has 1 aliphatic carbocycles. The number of nitrogens with one attached hydrogen (secondary N) is 1. The summed E-state index contributed by atoms with van der Waals surface area (Å²) >= 11 is 0. The smallest absolute Gasteiger partial charge is 0.231 e. The minimum atomic E-state index is -0.527. The van der Waals surface area contributed by atoms with Crippen LogP contribution in [0.25, 0.3) is 0 Å². The van der Waals surface area contributed by atoms with Crippen molar-refractivity contribution in [3.05, 3.63) is 59.8 Å². The van der Waals surface area contributed by atoms with E-state index in [9.17, 15) is 9.18 Å². The molecule has 1 amide bonds. The predicted octanol–water partition coefficient (Wildman–Crippen LogP) is 3.55. The fraction of sp³-hybridized carbons (Fsp3) is 0.353. The Morgan fingerprint density at radius 1 is 1.19 bits per heavy atom. The summed E-state index contributed by atoms with van der Waals surface area (Å²) in [5.41, 5.74) is 0.374. The number of carbonyl (C=O) groups excluding carboxylic acids is 1. The number of rotatable bonds is 4. The van der Waals surface area contributed by atoms with Crippen LogP contribution in [0.3, 0.4) is 0 Å². The maximum atomic E-state index is 13.1. The highest BCUT2D eigenvalue weighted by molar-refractivity contribution is 5.88. The topological polar surface area (TPSA) is 42.2 Å². The van der Waals surface area contributed by atoms with Crippen molar-refractivity contribution >= 4 is 5.91 Å². The summed E-state index contributed by atoms with van der Waals surface area (Å²) in [6.45, 7) is 0.384. The summed E-state index contributed by atoms with van der Waals surface area (Å²) in [7, 11) is 0. The largest absolute Gasteiger partial charge is 0.467 e. The van der Waals surface area contributed by atoms with E-state index in [1.165, 1.54) is 12.1 Å². The fourth-order valence-electron chi connectivity index (χ4n) is 3.14. The van der Waals surface area contributed by atoms with Gasteiger partial charge >= 0.3 is 0 Å². The molecule has 3 rings (SSSR count). The average Bonchev–Trinajstić information content (AvgIpc) is 3.17. The van der Waals surface area contributed by atoms with E-state index in [1.54, 1.807) is 24.5 Å². The molecule has 0 saturated heterocycles. The van der Waals surface area contributed by atoms with Gasteiger partial charge in [0.25, 0.3) is 0 Å². The van der Waals surface area contributed by atoms with Crippen molar-refractivity contribution in [1.29, 1.82) is 0 Å². The molecule has 4 heteroatoms. The Labute approximate surface area is 123 Å². The van der Waals surface area contributed by atoms with Gasteiger partial charge in [-0.05, 0) is 42.7 Å². The minimum absolute atomic E-state index is 0.00279. The van der Waals surface area contributed by atoms with Crippen LogP contribution in [0.1, 0.15) is 37.0 Å². The molecule has 1 heterocycles. The van der Waals surface area contributed by atoms with Gasteiger partial charge in [0.1, 0.15) is 11.6 Å². The lowest BCUT2D eigenvalue weighted by Crippen LogP contribution is -2.42. The van der Waals surface area contributed by atoms with E-state index in [0.29, 0.717) is 6.54 Å². The van der Waals surface area contributed by atoms with Crippen molar-refractivity contribution in [2.24, 2.45) is 0 Å². The highest BCUT2D eigenvalue weighted by Crippen LogP contribution is 2.41. The van der Waals surface area contributed by atoms with Gasteiger partial charge in [-0.25, -0.2) is 4.39 Å². The van der Waals surface area contributed by atoms with E-state index < -0.39 is 5.41 Å². The van der Waals surface area contributed by atoms with Crippen LogP contribution in [-0.2, 0) is 16.8 Å². The number of hydrogen-bond acceptors (Lipinski definition) is 2. The normalized spacial score (nSPS) is 16.8. The van der Waals surface area contributed by atoms with Crippen molar-refractivity contribution in [2.75, 3.05) is 0 Å². The number of furan rings is 1. The second-order valence-corrected chi connectivity index (χ2v) is 5.56. The summed E-state index contributed by atoms with van der Waals surface area (Å²) in [4.78, 5) is 12.7. The Morgan fingerprint density at radius 2 is 1.90 bits per heavy atom. The summed E-state index contributed by atoms with van der Waals surface area (Å²) in [6, 6.07) is 9.94. The lowest BCUT2D eigenvalue weighted by atomic mass is 9.78. The Hall–Kier alpha value is -2.10. The molecule has 1 fully saturated rings. The van der Waals surface area contributed by atoms with E-state index in [1.807, 2.05) is 6.07 Å². The van der Waals surface area contributed by atoms with Crippen molar-refractivity contribution < 1.29 is 13.6 Å². The molecule has 1 aromatic heterocycles. The van der Waals surface area contributed by atoms with Gasteiger partial charge in [-0.1, -0.05) is 25.0 Å². The summed E-state index contributed by atoms with van der Waals surface area (Å²) in [6.07, 6.45) is 5.25. The monoisotopic (exact) mass is 287 g/mol. The van der Waals surface area contributed by atoms with E-state index in [2.05, 4.69) is 5.32 Å². The number of carbonyl (C=O) groups is 1. The fourth-order valence-corrected chi connectivity index (χ4v) is 3.14. The van der Waals surface area contributed by atoms with Crippen LogP contribution in [-0.4, -0.2) is 5.91 Å². The predicted molar refractivity (Wildman–Crippen MR) is 77.1 cm³/mol. The molecule has 21 heavy (non-hydrogen) atoms. The first kappa shape index (κ1) is 13.9. The Morgan fingerprint density at radius 3 is 2.52 bits per heavy atom. The molecule has 1 saturated carbocycles. The van der Waals surface area contributed by atoms with E-state index in [0.717, 1.165) is 37.0 Å². The van der Waals surface area contributed by atoms with Gasteiger partial charge in [0.2, 0.25) is 5.91 Å². The molecule has 0 radical (unpaired) electrons. The van der Waals surface area contributed by atoms with Gasteiger partial charge in [-0.2, -0.15) is 0 Å². The molecular formula is C17H18FNO2. The van der Waals surface area contributed by atoms with Crippen LogP contribution in [0.15, 0.2) is 47.1 Å². The third-order valence-electron chi connectivity index (χ3n) is 4.29. The standard InChI is InChI=1S/C17H18FNO2/c18-14-7-5-13(6-8-14)17(9-1-2-10-17)16(20)19-12-15-4-3-11-21-15/h3-8,11H,1-2,9-10,12H2,(H,19,20). The van der Waals surface area contributed by atoms with Gasteiger partial charge in [-0.3, -0.25) is 4.79 Å². The Bertz CT molecular complexity index is 598. The Balaban J connectivity index is 1.79. The molecule has 110 valence electrons.